The van der Waals surface area contributed by atoms with Crippen LogP contribution in [0.3, 0.4) is 0 Å². The molecule has 2 unspecified atom stereocenters. The van der Waals surface area contributed by atoms with E-state index in [1.807, 2.05) is 23.5 Å². The third-order valence-corrected chi connectivity index (χ3v) is 7.32. The number of nitrogens with zero attached hydrogens (tertiary/aromatic N) is 1. The molecule has 1 saturated heterocycles. The standard InChI is InChI=1S/C12H16N2O2S3/c15-11(16)8-1-2-9-10(8)14-12(19-9)13-5-7-6-17-3-4-18-7/h7-8H,1-6H2,(H,13,14)(H,15,16). The van der Waals surface area contributed by atoms with Gasteiger partial charge in [-0.05, 0) is 12.8 Å². The van der Waals surface area contributed by atoms with Gasteiger partial charge in [0.15, 0.2) is 5.13 Å². The summed E-state index contributed by atoms with van der Waals surface area (Å²) < 4.78 is 0. The van der Waals surface area contributed by atoms with Gasteiger partial charge in [-0.1, -0.05) is 0 Å². The summed E-state index contributed by atoms with van der Waals surface area (Å²) in [5.41, 5.74) is 0.797. The lowest BCUT2D eigenvalue weighted by molar-refractivity contribution is -0.138. The van der Waals surface area contributed by atoms with Crippen LogP contribution in [0.25, 0.3) is 0 Å². The topological polar surface area (TPSA) is 62.2 Å². The van der Waals surface area contributed by atoms with E-state index in [0.717, 1.165) is 28.7 Å². The molecule has 1 aliphatic carbocycles. The van der Waals surface area contributed by atoms with Gasteiger partial charge < -0.3 is 10.4 Å². The van der Waals surface area contributed by atoms with Gasteiger partial charge in [-0.15, -0.1) is 11.3 Å². The number of aryl methyl sites for hydroxylation is 1. The molecule has 7 heteroatoms. The molecule has 0 spiro atoms. The first-order chi connectivity index (χ1) is 9.24. The number of aromatic nitrogens is 1. The molecule has 0 aromatic carbocycles. The molecule has 19 heavy (non-hydrogen) atoms. The zero-order valence-electron chi connectivity index (χ0n) is 10.4. The fourth-order valence-electron chi connectivity index (χ4n) is 2.40. The second-order valence-corrected chi connectivity index (χ2v) is 8.35. The number of anilines is 1. The zero-order valence-corrected chi connectivity index (χ0v) is 12.9. The number of carboxylic acids is 1. The van der Waals surface area contributed by atoms with E-state index >= 15 is 0 Å². The molecule has 104 valence electrons. The van der Waals surface area contributed by atoms with E-state index in [9.17, 15) is 4.79 Å². The minimum Gasteiger partial charge on any atom is -0.481 e. The Labute approximate surface area is 124 Å². The van der Waals surface area contributed by atoms with Crippen molar-refractivity contribution in [1.29, 1.82) is 0 Å². The SMILES string of the molecule is O=C(O)C1CCc2sc(NCC3CSCCS3)nc21. The van der Waals surface area contributed by atoms with E-state index in [0.29, 0.717) is 11.7 Å². The fraction of sp³-hybridized carbons (Fsp3) is 0.667. The van der Waals surface area contributed by atoms with Crippen molar-refractivity contribution in [2.45, 2.75) is 24.0 Å². The summed E-state index contributed by atoms with van der Waals surface area (Å²) in [6, 6.07) is 0. The molecule has 0 amide bonds. The molecule has 0 bridgehead atoms. The quantitative estimate of drug-likeness (QED) is 0.890. The summed E-state index contributed by atoms with van der Waals surface area (Å²) in [4.78, 5) is 16.8. The van der Waals surface area contributed by atoms with Gasteiger partial charge in [-0.3, -0.25) is 4.79 Å². The Bertz CT molecular complexity index is 472. The summed E-state index contributed by atoms with van der Waals surface area (Å²) in [6.07, 6.45) is 1.57. The van der Waals surface area contributed by atoms with E-state index in [2.05, 4.69) is 10.3 Å². The minimum absolute atomic E-state index is 0.388. The van der Waals surface area contributed by atoms with Gasteiger partial charge in [0.25, 0.3) is 0 Å². The van der Waals surface area contributed by atoms with Crippen LogP contribution in [0.2, 0.25) is 0 Å². The van der Waals surface area contributed by atoms with Crippen LogP contribution < -0.4 is 5.32 Å². The monoisotopic (exact) mass is 316 g/mol. The molecule has 0 saturated carbocycles. The Hall–Kier alpha value is -0.400. The normalized spacial score (nSPS) is 26.1. The Balaban J connectivity index is 1.60. The molecule has 4 nitrogen and oxygen atoms in total. The highest BCUT2D eigenvalue weighted by molar-refractivity contribution is 8.06. The number of fused-ring (bicyclic) bond motifs is 1. The van der Waals surface area contributed by atoms with Crippen LogP contribution in [0.1, 0.15) is 22.9 Å². The average Bonchev–Trinajstić information content (AvgIpc) is 2.96. The zero-order chi connectivity index (χ0) is 13.2. The third-order valence-electron chi connectivity index (χ3n) is 3.38. The van der Waals surface area contributed by atoms with Gasteiger partial charge in [0.2, 0.25) is 0 Å². The van der Waals surface area contributed by atoms with Crippen LogP contribution in [-0.2, 0) is 11.2 Å². The Morgan fingerprint density at radius 2 is 2.37 bits per heavy atom. The minimum atomic E-state index is -0.741. The fourth-order valence-corrected chi connectivity index (χ4v) is 6.06. The van der Waals surface area contributed by atoms with Crippen molar-refractivity contribution in [3.8, 4) is 0 Å². The Kier molecular flexibility index (Phi) is 4.24. The maximum Gasteiger partial charge on any atom is 0.312 e. The van der Waals surface area contributed by atoms with Crippen LogP contribution in [0, 0.1) is 0 Å². The number of carboxylic acid groups (broad SMARTS) is 1. The molecular weight excluding hydrogens is 300 g/mol. The van der Waals surface area contributed by atoms with Crippen molar-refractivity contribution in [3.63, 3.8) is 0 Å². The number of hydrogen-bond donors (Lipinski definition) is 2. The van der Waals surface area contributed by atoms with E-state index in [1.54, 1.807) is 11.3 Å². The predicted molar refractivity (Wildman–Crippen MR) is 82.9 cm³/mol. The molecule has 1 aromatic heterocycles. The van der Waals surface area contributed by atoms with Gasteiger partial charge in [0.1, 0.15) is 5.92 Å². The van der Waals surface area contributed by atoms with Crippen molar-refractivity contribution in [2.24, 2.45) is 0 Å². The molecule has 0 radical (unpaired) electrons. The molecule has 2 N–H and O–H groups in total. The highest BCUT2D eigenvalue weighted by Gasteiger charge is 2.32. The van der Waals surface area contributed by atoms with Crippen molar-refractivity contribution < 1.29 is 9.90 Å². The van der Waals surface area contributed by atoms with E-state index in [1.165, 1.54) is 17.3 Å². The smallest absolute Gasteiger partial charge is 0.312 e. The molecule has 1 fully saturated rings. The highest BCUT2D eigenvalue weighted by Crippen LogP contribution is 2.38. The van der Waals surface area contributed by atoms with E-state index in [4.69, 9.17) is 5.11 Å². The Morgan fingerprint density at radius 3 is 3.11 bits per heavy atom. The van der Waals surface area contributed by atoms with Crippen LogP contribution in [0.5, 0.6) is 0 Å². The van der Waals surface area contributed by atoms with Crippen molar-refractivity contribution in [1.82, 2.24) is 4.98 Å². The van der Waals surface area contributed by atoms with Gasteiger partial charge >= 0.3 is 5.97 Å². The molecule has 2 heterocycles. The van der Waals surface area contributed by atoms with Gasteiger partial charge in [0, 0.05) is 33.9 Å². The number of nitrogens with one attached hydrogen (secondary N) is 1. The lowest BCUT2D eigenvalue weighted by Crippen LogP contribution is -2.23. The molecule has 1 aliphatic heterocycles. The lowest BCUT2D eigenvalue weighted by Gasteiger charge is -2.20. The summed E-state index contributed by atoms with van der Waals surface area (Å²) in [5.74, 6) is 2.55. The van der Waals surface area contributed by atoms with Crippen LogP contribution in [0.4, 0.5) is 5.13 Å². The summed E-state index contributed by atoms with van der Waals surface area (Å²) in [7, 11) is 0. The number of thioether (sulfide) groups is 2. The van der Waals surface area contributed by atoms with Crippen molar-refractivity contribution in [2.75, 3.05) is 29.1 Å². The van der Waals surface area contributed by atoms with Crippen LogP contribution >= 0.6 is 34.9 Å². The summed E-state index contributed by atoms with van der Waals surface area (Å²) in [5, 5.41) is 14.1. The van der Waals surface area contributed by atoms with E-state index < -0.39 is 5.97 Å². The molecule has 3 rings (SSSR count). The van der Waals surface area contributed by atoms with Crippen molar-refractivity contribution in [3.05, 3.63) is 10.6 Å². The molecule has 1 aromatic rings. The first-order valence-electron chi connectivity index (χ1n) is 6.39. The first-order valence-corrected chi connectivity index (χ1v) is 9.41. The van der Waals surface area contributed by atoms with Crippen molar-refractivity contribution >= 4 is 46.0 Å². The number of aliphatic carboxylic acids is 1. The lowest BCUT2D eigenvalue weighted by atomic mass is 10.1. The van der Waals surface area contributed by atoms with Gasteiger partial charge in [-0.2, -0.15) is 23.5 Å². The number of thiazole rings is 1. The first kappa shape index (κ1) is 13.6. The van der Waals surface area contributed by atoms with E-state index in [-0.39, 0.29) is 5.92 Å². The molecule has 2 aliphatic rings. The molecule has 2 atom stereocenters. The average molecular weight is 316 g/mol. The third kappa shape index (κ3) is 3.03. The van der Waals surface area contributed by atoms with Gasteiger partial charge in [-0.25, -0.2) is 4.98 Å². The van der Waals surface area contributed by atoms with Gasteiger partial charge in [0.05, 0.1) is 5.69 Å². The highest BCUT2D eigenvalue weighted by atomic mass is 32.2. The Morgan fingerprint density at radius 1 is 1.47 bits per heavy atom. The van der Waals surface area contributed by atoms with Crippen LogP contribution in [-0.4, -0.2) is 45.1 Å². The number of hydrogen-bond acceptors (Lipinski definition) is 6. The summed E-state index contributed by atoms with van der Waals surface area (Å²) in [6.45, 7) is 0.932. The second-order valence-electron chi connectivity index (χ2n) is 4.71. The second kappa shape index (κ2) is 5.93. The summed E-state index contributed by atoms with van der Waals surface area (Å²) >= 11 is 5.66. The maximum absolute atomic E-state index is 11.1. The molecular formula is C12H16N2O2S3. The predicted octanol–water partition coefficient (Wildman–Crippen LogP) is 2.52. The maximum atomic E-state index is 11.1. The largest absolute Gasteiger partial charge is 0.481 e. The van der Waals surface area contributed by atoms with Crippen LogP contribution in [0.15, 0.2) is 0 Å². The number of rotatable bonds is 4. The number of carbonyl (C=O) groups is 1.